The molecule has 18 heavy (non-hydrogen) atoms. The highest BCUT2D eigenvalue weighted by molar-refractivity contribution is 5.78. The molecule has 0 fully saturated rings. The van der Waals surface area contributed by atoms with Crippen LogP contribution in [-0.4, -0.2) is 39.2 Å². The number of nitrogens with one attached hydrogen (secondary N) is 1. The van der Waals surface area contributed by atoms with E-state index in [-0.39, 0.29) is 0 Å². The van der Waals surface area contributed by atoms with Crippen molar-refractivity contribution in [3.05, 3.63) is 30.1 Å². The van der Waals surface area contributed by atoms with Crippen LogP contribution in [0.1, 0.15) is 25.8 Å². The molecule has 4 heteroatoms. The summed E-state index contributed by atoms with van der Waals surface area (Å²) in [7, 11) is 0. The Balaban J connectivity index is 1.86. The summed E-state index contributed by atoms with van der Waals surface area (Å²) in [5.74, 6) is 0. The zero-order valence-corrected chi connectivity index (χ0v) is 10.8. The quantitative estimate of drug-likeness (QED) is 0.879. The first-order valence-corrected chi connectivity index (χ1v) is 6.46. The maximum Gasteiger partial charge on any atom is 0.108 e. The van der Waals surface area contributed by atoms with Gasteiger partial charge in [-0.15, -0.1) is 0 Å². The highest BCUT2D eigenvalue weighted by atomic mass is 15.1. The lowest BCUT2D eigenvalue weighted by Crippen LogP contribution is -2.34. The maximum atomic E-state index is 4.42. The number of fused-ring (bicyclic) bond motifs is 1. The smallest absolute Gasteiger partial charge is 0.108 e. The summed E-state index contributed by atoms with van der Waals surface area (Å²) in [6.45, 7) is 6.66. The van der Waals surface area contributed by atoms with Crippen LogP contribution in [0, 0.1) is 0 Å². The first-order valence-electron chi connectivity index (χ1n) is 6.46. The molecule has 1 N–H and O–H groups in total. The molecular weight excluding hydrogens is 224 g/mol. The van der Waals surface area contributed by atoms with E-state index in [9.17, 15) is 0 Å². The molecule has 0 amide bonds. The first kappa shape index (κ1) is 11.4. The van der Waals surface area contributed by atoms with Gasteiger partial charge in [-0.3, -0.25) is 15.0 Å². The van der Waals surface area contributed by atoms with Gasteiger partial charge in [-0.1, -0.05) is 6.08 Å². The number of aromatic nitrogens is 3. The Hall–Kier alpha value is -1.68. The van der Waals surface area contributed by atoms with Gasteiger partial charge in [-0.05, 0) is 37.5 Å². The summed E-state index contributed by atoms with van der Waals surface area (Å²) in [4.78, 5) is 6.90. The maximum absolute atomic E-state index is 4.42. The second-order valence-electron chi connectivity index (χ2n) is 5.09. The Labute approximate surface area is 107 Å². The van der Waals surface area contributed by atoms with Crippen LogP contribution >= 0.6 is 0 Å². The fourth-order valence-corrected chi connectivity index (χ4v) is 2.42. The largest absolute Gasteiger partial charge is 0.297 e. The third-order valence-electron chi connectivity index (χ3n) is 3.63. The lowest BCUT2D eigenvalue weighted by Gasteiger charge is -2.29. The van der Waals surface area contributed by atoms with Crippen LogP contribution in [0.4, 0.5) is 0 Å². The second kappa shape index (κ2) is 4.53. The number of pyridine rings is 1. The molecule has 1 aliphatic rings. The number of hydrogen-bond donors (Lipinski definition) is 1. The number of hydrogen-bond acceptors (Lipinski definition) is 3. The number of H-pyrrole nitrogens is 1. The van der Waals surface area contributed by atoms with Gasteiger partial charge in [0.25, 0.3) is 0 Å². The van der Waals surface area contributed by atoms with E-state index in [2.05, 4.69) is 46.1 Å². The van der Waals surface area contributed by atoms with Crippen molar-refractivity contribution in [1.82, 2.24) is 20.1 Å². The van der Waals surface area contributed by atoms with Crippen molar-refractivity contribution >= 4 is 16.6 Å². The zero-order chi connectivity index (χ0) is 12.5. The summed E-state index contributed by atoms with van der Waals surface area (Å²) < 4.78 is 0. The Morgan fingerprint density at radius 2 is 2.22 bits per heavy atom. The van der Waals surface area contributed by atoms with Gasteiger partial charge >= 0.3 is 0 Å². The normalized spacial score (nSPS) is 17.4. The van der Waals surface area contributed by atoms with Crippen molar-refractivity contribution in [1.29, 1.82) is 0 Å². The Morgan fingerprint density at radius 3 is 2.94 bits per heavy atom. The predicted molar refractivity (Wildman–Crippen MR) is 73.2 cm³/mol. The molecule has 0 bridgehead atoms. The second-order valence-corrected chi connectivity index (χ2v) is 5.09. The fourth-order valence-electron chi connectivity index (χ4n) is 2.42. The van der Waals surface area contributed by atoms with Gasteiger partial charge in [0.1, 0.15) is 5.52 Å². The molecule has 1 aliphatic heterocycles. The molecule has 0 spiro atoms. The summed E-state index contributed by atoms with van der Waals surface area (Å²) >= 11 is 0. The molecule has 3 heterocycles. The lowest BCUT2D eigenvalue weighted by molar-refractivity contribution is 0.245. The highest BCUT2D eigenvalue weighted by Gasteiger charge is 2.15. The first-order chi connectivity index (χ1) is 8.74. The average molecular weight is 242 g/mol. The molecule has 0 saturated heterocycles. The lowest BCUT2D eigenvalue weighted by atomic mass is 10.00. The van der Waals surface area contributed by atoms with Gasteiger partial charge in [0.15, 0.2) is 0 Å². The summed E-state index contributed by atoms with van der Waals surface area (Å²) in [6.07, 6.45) is 7.13. The van der Waals surface area contributed by atoms with Crippen LogP contribution in [0.3, 0.4) is 0 Å². The Morgan fingerprint density at radius 1 is 1.33 bits per heavy atom. The van der Waals surface area contributed by atoms with E-state index in [1.54, 1.807) is 6.20 Å². The van der Waals surface area contributed by atoms with Crippen molar-refractivity contribution in [2.45, 2.75) is 26.3 Å². The van der Waals surface area contributed by atoms with Gasteiger partial charge in [-0.2, -0.15) is 5.10 Å². The van der Waals surface area contributed by atoms with E-state index in [1.807, 2.05) is 6.20 Å². The highest BCUT2D eigenvalue weighted by Crippen LogP contribution is 2.24. The molecule has 0 aromatic carbocycles. The van der Waals surface area contributed by atoms with Crippen LogP contribution in [-0.2, 0) is 0 Å². The van der Waals surface area contributed by atoms with Crippen LogP contribution < -0.4 is 0 Å². The van der Waals surface area contributed by atoms with Gasteiger partial charge in [0.2, 0.25) is 0 Å². The van der Waals surface area contributed by atoms with Crippen molar-refractivity contribution in [3.63, 3.8) is 0 Å². The number of nitrogens with zero attached hydrogens (tertiary/aromatic N) is 3. The summed E-state index contributed by atoms with van der Waals surface area (Å²) in [6, 6.07) is 2.77. The molecule has 3 rings (SSSR count). The van der Waals surface area contributed by atoms with Crippen LogP contribution in [0.2, 0.25) is 0 Å². The van der Waals surface area contributed by atoms with Crippen molar-refractivity contribution in [2.75, 3.05) is 13.1 Å². The van der Waals surface area contributed by atoms with Crippen LogP contribution in [0.25, 0.3) is 16.6 Å². The fraction of sp³-hybridized carbons (Fsp3) is 0.429. The van der Waals surface area contributed by atoms with E-state index < -0.39 is 0 Å². The minimum Gasteiger partial charge on any atom is -0.297 e. The predicted octanol–water partition coefficient (Wildman–Crippen LogP) is 2.46. The Bertz CT molecular complexity index is 582. The minimum absolute atomic E-state index is 0.621. The molecule has 4 nitrogen and oxygen atoms in total. The number of rotatable bonds is 2. The Kier molecular flexibility index (Phi) is 2.88. The van der Waals surface area contributed by atoms with E-state index >= 15 is 0 Å². The van der Waals surface area contributed by atoms with E-state index in [4.69, 9.17) is 0 Å². The molecule has 0 saturated carbocycles. The van der Waals surface area contributed by atoms with Gasteiger partial charge in [-0.25, -0.2) is 0 Å². The summed E-state index contributed by atoms with van der Waals surface area (Å²) in [5.41, 5.74) is 4.56. The zero-order valence-electron chi connectivity index (χ0n) is 10.8. The van der Waals surface area contributed by atoms with Crippen LogP contribution in [0.5, 0.6) is 0 Å². The molecule has 2 aromatic heterocycles. The third-order valence-corrected chi connectivity index (χ3v) is 3.63. The van der Waals surface area contributed by atoms with Crippen molar-refractivity contribution in [2.24, 2.45) is 0 Å². The molecule has 0 radical (unpaired) electrons. The standard InChI is InChI=1S/C14H18N4/c1-10(2)18-5-3-11(4-6-18)12-7-13-14(15-8-12)9-16-17-13/h3,7-10H,4-6H2,1-2H3,(H,16,17). The molecule has 0 atom stereocenters. The number of aromatic amines is 1. The van der Waals surface area contributed by atoms with Crippen molar-refractivity contribution < 1.29 is 0 Å². The molecule has 94 valence electrons. The molecule has 0 unspecified atom stereocenters. The van der Waals surface area contributed by atoms with E-state index in [0.717, 1.165) is 30.5 Å². The van der Waals surface area contributed by atoms with Crippen LogP contribution in [0.15, 0.2) is 24.5 Å². The average Bonchev–Trinajstić information content (AvgIpc) is 2.86. The van der Waals surface area contributed by atoms with Gasteiger partial charge in [0.05, 0.1) is 11.7 Å². The molecular formula is C14H18N4. The van der Waals surface area contributed by atoms with E-state index in [0.29, 0.717) is 6.04 Å². The topological polar surface area (TPSA) is 44.8 Å². The van der Waals surface area contributed by atoms with Gasteiger partial charge < -0.3 is 0 Å². The van der Waals surface area contributed by atoms with Gasteiger partial charge in [0, 0.05) is 25.3 Å². The van der Waals surface area contributed by atoms with E-state index in [1.165, 1.54) is 11.1 Å². The molecule has 0 aliphatic carbocycles. The van der Waals surface area contributed by atoms with Crippen molar-refractivity contribution in [3.8, 4) is 0 Å². The third kappa shape index (κ3) is 2.04. The summed E-state index contributed by atoms with van der Waals surface area (Å²) in [5, 5.41) is 6.98. The molecule has 2 aromatic rings. The monoisotopic (exact) mass is 242 g/mol. The SMILES string of the molecule is CC(C)N1CC=C(c2cnc3cn[nH]c3c2)CC1. The minimum atomic E-state index is 0.621.